The second-order valence-electron chi connectivity index (χ2n) is 9.31. The Hall–Kier alpha value is -3.59. The van der Waals surface area contributed by atoms with E-state index in [2.05, 4.69) is 51.8 Å². The molecule has 1 aliphatic rings. The number of ether oxygens (including phenoxy) is 3. The van der Waals surface area contributed by atoms with Crippen LogP contribution >= 0.6 is 23.8 Å². The van der Waals surface area contributed by atoms with E-state index in [0.717, 1.165) is 39.8 Å². The van der Waals surface area contributed by atoms with Crippen LogP contribution in [-0.2, 0) is 4.74 Å². The normalized spacial score (nSPS) is 16.8. The average Bonchev–Trinajstić information content (AvgIpc) is 3.45. The molecule has 0 radical (unpaired) electrons. The minimum Gasteiger partial charge on any atom is -0.497 e. The van der Waals surface area contributed by atoms with Crippen LogP contribution in [0.15, 0.2) is 72.9 Å². The molecule has 0 spiro atoms. The molecule has 7 nitrogen and oxygen atoms in total. The summed E-state index contributed by atoms with van der Waals surface area (Å²) >= 11 is 12.6. The van der Waals surface area contributed by atoms with Gasteiger partial charge in [0.05, 0.1) is 36.5 Å². The van der Waals surface area contributed by atoms with Crippen molar-refractivity contribution in [2.75, 3.05) is 32.3 Å². The van der Waals surface area contributed by atoms with Crippen molar-refractivity contribution in [3.8, 4) is 17.2 Å². The summed E-state index contributed by atoms with van der Waals surface area (Å²) in [5, 5.41) is 4.65. The number of rotatable bonds is 9. The van der Waals surface area contributed by atoms with Gasteiger partial charge in [-0.3, -0.25) is 4.98 Å². The van der Waals surface area contributed by atoms with E-state index in [-0.39, 0.29) is 12.1 Å². The first kappa shape index (κ1) is 27.0. The SMILES string of the molecule is COCCOc1ccc(N2C(=S)N[C@H](c3ccccn3)[C@@H]2c2cc(C)n(-c3ccc(OC)cc3)c2C)cc1Cl. The molecule has 3 heterocycles. The highest BCUT2D eigenvalue weighted by Crippen LogP contribution is 2.45. The van der Waals surface area contributed by atoms with Gasteiger partial charge < -0.3 is 29.0 Å². The van der Waals surface area contributed by atoms with Gasteiger partial charge in [-0.1, -0.05) is 17.7 Å². The number of anilines is 1. The molecule has 0 saturated carbocycles. The van der Waals surface area contributed by atoms with E-state index in [1.54, 1.807) is 14.2 Å². The van der Waals surface area contributed by atoms with Gasteiger partial charge in [0, 0.05) is 36.1 Å². The summed E-state index contributed by atoms with van der Waals surface area (Å²) in [6.45, 7) is 5.16. The molecule has 0 unspecified atom stereocenters. The first-order valence-electron chi connectivity index (χ1n) is 12.7. The van der Waals surface area contributed by atoms with Gasteiger partial charge in [0.1, 0.15) is 18.1 Å². The standard InChI is InChI=1S/C30H31ClN4O3S/c1-19-17-24(20(2)34(19)21-8-11-23(37-4)12-9-21)29-28(26-7-5-6-14-32-26)33-30(39)35(29)22-10-13-27(25(31)18-22)38-16-15-36-3/h5-14,17-18,28-29H,15-16H2,1-4H3,(H,33,39)/t28-,29+/m1/s1. The summed E-state index contributed by atoms with van der Waals surface area (Å²) in [4.78, 5) is 6.81. The van der Waals surface area contributed by atoms with Gasteiger partial charge in [0.2, 0.25) is 0 Å². The Labute approximate surface area is 239 Å². The third-order valence-electron chi connectivity index (χ3n) is 6.96. The van der Waals surface area contributed by atoms with Crippen LogP contribution in [0.1, 0.15) is 34.7 Å². The number of hydrogen-bond acceptors (Lipinski definition) is 5. The first-order chi connectivity index (χ1) is 18.9. The van der Waals surface area contributed by atoms with Gasteiger partial charge in [-0.05, 0) is 92.3 Å². The van der Waals surface area contributed by atoms with Crippen molar-refractivity contribution in [3.05, 3.63) is 101 Å². The Kier molecular flexibility index (Phi) is 8.07. The lowest BCUT2D eigenvalue weighted by Gasteiger charge is -2.28. The Balaban J connectivity index is 1.59. The lowest BCUT2D eigenvalue weighted by molar-refractivity contribution is 0.146. The van der Waals surface area contributed by atoms with Crippen LogP contribution in [0.25, 0.3) is 5.69 Å². The predicted octanol–water partition coefficient (Wildman–Crippen LogP) is 6.35. The van der Waals surface area contributed by atoms with Gasteiger partial charge >= 0.3 is 0 Å². The summed E-state index contributed by atoms with van der Waals surface area (Å²) in [5.41, 5.74) is 6.22. The summed E-state index contributed by atoms with van der Waals surface area (Å²) in [6.07, 6.45) is 1.81. The van der Waals surface area contributed by atoms with E-state index in [0.29, 0.717) is 29.1 Å². The number of aromatic nitrogens is 2. The molecule has 4 aromatic rings. The fourth-order valence-corrected chi connectivity index (χ4v) is 5.73. The van der Waals surface area contributed by atoms with E-state index >= 15 is 0 Å². The fraction of sp³-hybridized carbons (Fsp3) is 0.267. The van der Waals surface area contributed by atoms with Crippen LogP contribution < -0.4 is 19.7 Å². The monoisotopic (exact) mass is 562 g/mol. The van der Waals surface area contributed by atoms with E-state index in [9.17, 15) is 0 Å². The molecule has 39 heavy (non-hydrogen) atoms. The molecule has 0 amide bonds. The maximum Gasteiger partial charge on any atom is 0.174 e. The van der Waals surface area contributed by atoms with Crippen LogP contribution in [0.4, 0.5) is 5.69 Å². The largest absolute Gasteiger partial charge is 0.497 e. The fourth-order valence-electron chi connectivity index (χ4n) is 5.16. The Morgan fingerprint density at radius 3 is 2.41 bits per heavy atom. The van der Waals surface area contributed by atoms with Gasteiger partial charge in [0.15, 0.2) is 5.11 Å². The van der Waals surface area contributed by atoms with E-state index in [1.807, 2.05) is 54.7 Å². The zero-order valence-corrected chi connectivity index (χ0v) is 23.9. The van der Waals surface area contributed by atoms with Gasteiger partial charge in [-0.15, -0.1) is 0 Å². The van der Waals surface area contributed by atoms with Gasteiger partial charge in [-0.25, -0.2) is 0 Å². The number of hydrogen-bond donors (Lipinski definition) is 1. The van der Waals surface area contributed by atoms with Crippen LogP contribution in [0, 0.1) is 13.8 Å². The highest BCUT2D eigenvalue weighted by Gasteiger charge is 2.42. The molecular weight excluding hydrogens is 532 g/mol. The number of benzene rings is 2. The number of methoxy groups -OCH3 is 2. The zero-order valence-electron chi connectivity index (χ0n) is 22.3. The van der Waals surface area contributed by atoms with E-state index in [4.69, 9.17) is 38.0 Å². The molecule has 0 bridgehead atoms. The first-order valence-corrected chi connectivity index (χ1v) is 13.5. The summed E-state index contributed by atoms with van der Waals surface area (Å²) in [7, 11) is 3.31. The van der Waals surface area contributed by atoms with Crippen LogP contribution in [0.2, 0.25) is 5.02 Å². The van der Waals surface area contributed by atoms with Crippen molar-refractivity contribution in [3.63, 3.8) is 0 Å². The summed E-state index contributed by atoms with van der Waals surface area (Å²) in [5.74, 6) is 1.42. The molecule has 5 rings (SSSR count). The smallest absolute Gasteiger partial charge is 0.174 e. The number of pyridine rings is 1. The second-order valence-corrected chi connectivity index (χ2v) is 10.1. The van der Waals surface area contributed by atoms with Crippen molar-refractivity contribution in [2.24, 2.45) is 0 Å². The lowest BCUT2D eigenvalue weighted by Crippen LogP contribution is -2.29. The minimum atomic E-state index is -0.167. The lowest BCUT2D eigenvalue weighted by atomic mass is 9.96. The van der Waals surface area contributed by atoms with Crippen LogP contribution in [-0.4, -0.2) is 42.1 Å². The van der Waals surface area contributed by atoms with Crippen LogP contribution in [0.5, 0.6) is 11.5 Å². The highest BCUT2D eigenvalue weighted by molar-refractivity contribution is 7.80. The molecule has 2 atom stereocenters. The molecule has 2 aromatic carbocycles. The molecule has 1 aliphatic heterocycles. The number of nitrogens with one attached hydrogen (secondary N) is 1. The topological polar surface area (TPSA) is 60.8 Å². The average molecular weight is 563 g/mol. The third-order valence-corrected chi connectivity index (χ3v) is 7.57. The molecule has 202 valence electrons. The Morgan fingerprint density at radius 2 is 1.74 bits per heavy atom. The highest BCUT2D eigenvalue weighted by atomic mass is 35.5. The number of thiocarbonyl (C=S) groups is 1. The molecule has 1 N–H and O–H groups in total. The molecule has 0 aliphatic carbocycles. The van der Waals surface area contributed by atoms with Crippen molar-refractivity contribution >= 4 is 34.6 Å². The molecular formula is C30H31ClN4O3S. The number of aryl methyl sites for hydroxylation is 1. The summed E-state index contributed by atoms with van der Waals surface area (Å²) < 4.78 is 18.5. The van der Waals surface area contributed by atoms with E-state index in [1.165, 1.54) is 0 Å². The van der Waals surface area contributed by atoms with Crippen molar-refractivity contribution in [1.29, 1.82) is 0 Å². The number of halogens is 1. The van der Waals surface area contributed by atoms with Gasteiger partial charge in [0.25, 0.3) is 0 Å². The maximum atomic E-state index is 6.66. The maximum absolute atomic E-state index is 6.66. The molecule has 2 aromatic heterocycles. The number of nitrogens with zero attached hydrogens (tertiary/aromatic N) is 3. The van der Waals surface area contributed by atoms with Crippen molar-refractivity contribution in [2.45, 2.75) is 25.9 Å². The molecule has 1 saturated heterocycles. The van der Waals surface area contributed by atoms with Gasteiger partial charge in [-0.2, -0.15) is 0 Å². The third kappa shape index (κ3) is 5.32. The predicted molar refractivity (Wildman–Crippen MR) is 159 cm³/mol. The molecule has 9 heteroatoms. The zero-order chi connectivity index (χ0) is 27.5. The second kappa shape index (κ2) is 11.7. The van der Waals surface area contributed by atoms with Crippen molar-refractivity contribution in [1.82, 2.24) is 14.9 Å². The van der Waals surface area contributed by atoms with Crippen LogP contribution in [0.3, 0.4) is 0 Å². The summed E-state index contributed by atoms with van der Waals surface area (Å²) in [6, 6.07) is 21.7. The minimum absolute atomic E-state index is 0.165. The quantitative estimate of drug-likeness (QED) is 0.188. The van der Waals surface area contributed by atoms with Crippen molar-refractivity contribution < 1.29 is 14.2 Å². The van der Waals surface area contributed by atoms with E-state index < -0.39 is 0 Å². The Bertz CT molecular complexity index is 1460. The Morgan fingerprint density at radius 1 is 0.974 bits per heavy atom. The molecule has 1 fully saturated rings.